The minimum Gasteiger partial charge on any atom is -0.478 e. The van der Waals surface area contributed by atoms with E-state index in [-0.39, 0.29) is 5.56 Å². The number of aryl methyl sites for hydroxylation is 2. The van der Waals surface area contributed by atoms with E-state index in [2.05, 4.69) is 15.3 Å². The van der Waals surface area contributed by atoms with Gasteiger partial charge >= 0.3 is 5.97 Å². The molecule has 0 unspecified atom stereocenters. The molecule has 1 aliphatic rings. The lowest BCUT2D eigenvalue weighted by molar-refractivity contribution is 0.0607. The van der Waals surface area contributed by atoms with Crippen LogP contribution in [0.1, 0.15) is 63.6 Å². The second-order valence-electron chi connectivity index (χ2n) is 9.05. The fraction of sp³-hybridized carbons (Fsp3) is 0.259. The van der Waals surface area contributed by atoms with Crippen LogP contribution >= 0.6 is 11.3 Å². The van der Waals surface area contributed by atoms with Crippen molar-refractivity contribution >= 4 is 28.9 Å². The van der Waals surface area contributed by atoms with E-state index in [1.54, 1.807) is 36.7 Å². The van der Waals surface area contributed by atoms with Crippen molar-refractivity contribution in [3.8, 4) is 10.6 Å². The third-order valence-corrected chi connectivity index (χ3v) is 7.53. The highest BCUT2D eigenvalue weighted by Gasteiger charge is 2.39. The van der Waals surface area contributed by atoms with Crippen LogP contribution in [0.15, 0.2) is 54.9 Å². The molecule has 5 rings (SSSR count). The number of nitrogens with one attached hydrogen (secondary N) is 1. The van der Waals surface area contributed by atoms with E-state index in [0.717, 1.165) is 22.4 Å². The van der Waals surface area contributed by atoms with Crippen LogP contribution in [-0.2, 0) is 12.0 Å². The summed E-state index contributed by atoms with van der Waals surface area (Å²) in [6, 6.07) is 12.0. The molecule has 0 bridgehead atoms. The highest BCUT2D eigenvalue weighted by atomic mass is 32.1. The number of carboxylic acids is 1. The van der Waals surface area contributed by atoms with Crippen LogP contribution < -0.4 is 5.32 Å². The molecule has 2 atom stereocenters. The molecular weight excluding hydrogens is 479 g/mol. The van der Waals surface area contributed by atoms with E-state index in [4.69, 9.17) is 4.98 Å². The number of fused-ring (bicyclic) bond motifs is 1. The number of hydrogen-bond acceptors (Lipinski definition) is 7. The number of alkyl halides is 1. The van der Waals surface area contributed by atoms with Crippen LogP contribution in [0.3, 0.4) is 0 Å². The molecule has 9 heteroatoms. The van der Waals surface area contributed by atoms with Crippen molar-refractivity contribution in [1.29, 1.82) is 0 Å². The minimum absolute atomic E-state index is 0.211. The van der Waals surface area contributed by atoms with E-state index in [9.17, 15) is 19.4 Å². The van der Waals surface area contributed by atoms with Crippen LogP contribution in [0.5, 0.6) is 0 Å². The summed E-state index contributed by atoms with van der Waals surface area (Å²) in [5.41, 5.74) is 2.65. The van der Waals surface area contributed by atoms with Gasteiger partial charge in [0.1, 0.15) is 28.4 Å². The number of hydrogen-bond donors (Lipinski definition) is 3. The lowest BCUT2D eigenvalue weighted by Crippen LogP contribution is -2.32. The minimum atomic E-state index is -1.29. The van der Waals surface area contributed by atoms with Crippen molar-refractivity contribution in [2.75, 3.05) is 5.32 Å². The van der Waals surface area contributed by atoms with Gasteiger partial charge in [0.25, 0.3) is 0 Å². The molecule has 0 saturated carbocycles. The van der Waals surface area contributed by atoms with Gasteiger partial charge in [-0.15, -0.1) is 11.3 Å². The molecule has 0 amide bonds. The Morgan fingerprint density at radius 1 is 1.17 bits per heavy atom. The van der Waals surface area contributed by atoms with Crippen LogP contribution in [0, 0.1) is 6.92 Å². The quantitative estimate of drug-likeness (QED) is 0.298. The molecule has 0 aliphatic heterocycles. The molecule has 0 radical (unpaired) electrons. The number of nitrogens with zero attached hydrogens (tertiary/aromatic N) is 3. The van der Waals surface area contributed by atoms with Crippen LogP contribution in [-0.4, -0.2) is 31.1 Å². The Hall–Kier alpha value is -3.69. The maximum atomic E-state index is 13.7. The number of anilines is 2. The number of carbonyl (C=O) groups is 1. The van der Waals surface area contributed by atoms with Crippen molar-refractivity contribution in [2.45, 2.75) is 44.9 Å². The maximum Gasteiger partial charge on any atom is 0.335 e. The average molecular weight is 505 g/mol. The number of aliphatic hydroxyl groups is 1. The first kappa shape index (κ1) is 24.0. The number of carboxylic acid groups (broad SMARTS) is 1. The summed E-state index contributed by atoms with van der Waals surface area (Å²) < 4.78 is 13.7. The molecule has 3 aromatic heterocycles. The summed E-state index contributed by atoms with van der Waals surface area (Å²) in [7, 11) is 0. The summed E-state index contributed by atoms with van der Waals surface area (Å²) in [5, 5.41) is 24.7. The van der Waals surface area contributed by atoms with Gasteiger partial charge in [-0.25, -0.2) is 24.1 Å². The van der Waals surface area contributed by atoms with E-state index in [0.29, 0.717) is 46.3 Å². The van der Waals surface area contributed by atoms with Crippen molar-refractivity contribution in [1.82, 2.24) is 15.0 Å². The molecule has 36 heavy (non-hydrogen) atoms. The number of benzene rings is 1. The van der Waals surface area contributed by atoms with Crippen LogP contribution in [0.2, 0.25) is 0 Å². The van der Waals surface area contributed by atoms with Gasteiger partial charge in [0, 0.05) is 12.4 Å². The number of rotatable bonds is 6. The standard InChI is InChI=1S/C27H25FN4O3S/c1-15-10-21(31-24(11-15)32-23-13-17(16(2)28)7-9-29-23)22-14-30-26(36-22)27(35)8-3-4-18-12-19(25(33)34)5-6-20(18)27/h5-7,9-14,16,35H,3-4,8H2,1-2H3,(H,33,34)(H,29,31,32)/t16-,27-/m1/s1. The molecular formula is C27H25FN4O3S. The molecule has 0 fully saturated rings. The first-order chi connectivity index (χ1) is 17.2. The Balaban J connectivity index is 1.46. The number of aromatic nitrogens is 3. The average Bonchev–Trinajstić information content (AvgIpc) is 3.35. The molecule has 4 aromatic rings. The molecule has 184 valence electrons. The third kappa shape index (κ3) is 4.59. The second kappa shape index (κ2) is 9.40. The third-order valence-electron chi connectivity index (χ3n) is 6.36. The topological polar surface area (TPSA) is 108 Å². The van der Waals surface area contributed by atoms with Crippen molar-refractivity contribution in [2.24, 2.45) is 0 Å². The van der Waals surface area contributed by atoms with E-state index >= 15 is 0 Å². The van der Waals surface area contributed by atoms with Crippen LogP contribution in [0.4, 0.5) is 16.0 Å². The summed E-state index contributed by atoms with van der Waals surface area (Å²) in [6.07, 6.45) is 4.10. The largest absolute Gasteiger partial charge is 0.478 e. The zero-order valence-corrected chi connectivity index (χ0v) is 20.6. The van der Waals surface area contributed by atoms with Gasteiger partial charge in [-0.1, -0.05) is 6.07 Å². The van der Waals surface area contributed by atoms with Crippen molar-refractivity contribution < 1.29 is 19.4 Å². The number of thiazole rings is 1. The molecule has 0 spiro atoms. The Bertz CT molecular complexity index is 1450. The number of aromatic carboxylic acids is 1. The molecule has 7 nitrogen and oxygen atoms in total. The zero-order valence-electron chi connectivity index (χ0n) is 19.8. The fourth-order valence-electron chi connectivity index (χ4n) is 4.56. The van der Waals surface area contributed by atoms with Gasteiger partial charge in [-0.3, -0.25) is 0 Å². The molecule has 0 saturated heterocycles. The van der Waals surface area contributed by atoms with Gasteiger partial charge in [0.2, 0.25) is 0 Å². The van der Waals surface area contributed by atoms with Crippen molar-refractivity contribution in [3.63, 3.8) is 0 Å². The van der Waals surface area contributed by atoms with Gasteiger partial charge in [-0.05, 0) is 91.8 Å². The van der Waals surface area contributed by atoms with Gasteiger partial charge in [0.05, 0.1) is 16.1 Å². The Kier molecular flexibility index (Phi) is 6.27. The zero-order chi connectivity index (χ0) is 25.4. The molecule has 3 N–H and O–H groups in total. The van der Waals surface area contributed by atoms with Gasteiger partial charge in [-0.2, -0.15) is 0 Å². The number of pyridine rings is 2. The Morgan fingerprint density at radius 2 is 2.00 bits per heavy atom. The first-order valence-electron chi connectivity index (χ1n) is 11.6. The first-order valence-corrected chi connectivity index (χ1v) is 12.5. The summed E-state index contributed by atoms with van der Waals surface area (Å²) in [5.74, 6) is 0.0819. The summed E-state index contributed by atoms with van der Waals surface area (Å²) >= 11 is 1.36. The Morgan fingerprint density at radius 3 is 2.78 bits per heavy atom. The predicted octanol–water partition coefficient (Wildman–Crippen LogP) is 5.95. The highest BCUT2D eigenvalue weighted by Crippen LogP contribution is 2.43. The predicted molar refractivity (Wildman–Crippen MR) is 136 cm³/mol. The maximum absolute atomic E-state index is 13.7. The lowest BCUT2D eigenvalue weighted by Gasteiger charge is -2.33. The molecule has 1 aromatic carbocycles. The molecule has 3 heterocycles. The van der Waals surface area contributed by atoms with Gasteiger partial charge in [0.15, 0.2) is 0 Å². The van der Waals surface area contributed by atoms with Gasteiger partial charge < -0.3 is 15.5 Å². The monoisotopic (exact) mass is 504 g/mol. The Labute approximate surface area is 211 Å². The SMILES string of the molecule is Cc1cc(Nc2cc([C@@H](C)F)ccn2)nc(-c2cnc([C@@]3(O)CCCc4cc(C(=O)O)ccc43)s2)c1. The second-order valence-corrected chi connectivity index (χ2v) is 10.1. The smallest absolute Gasteiger partial charge is 0.335 e. The van der Waals surface area contributed by atoms with E-state index < -0.39 is 17.7 Å². The highest BCUT2D eigenvalue weighted by molar-refractivity contribution is 7.15. The molecule has 1 aliphatic carbocycles. The lowest BCUT2D eigenvalue weighted by atomic mass is 9.79. The normalized spacial score (nSPS) is 17.9. The van der Waals surface area contributed by atoms with Crippen molar-refractivity contribution in [3.05, 3.63) is 87.7 Å². The summed E-state index contributed by atoms with van der Waals surface area (Å²) in [4.78, 5) is 25.7. The number of halogens is 1. The van der Waals surface area contributed by atoms with E-state index in [1.807, 2.05) is 19.1 Å². The summed E-state index contributed by atoms with van der Waals surface area (Å²) in [6.45, 7) is 3.43. The van der Waals surface area contributed by atoms with Crippen LogP contribution in [0.25, 0.3) is 10.6 Å². The van der Waals surface area contributed by atoms with E-state index in [1.165, 1.54) is 24.3 Å². The fourth-order valence-corrected chi connectivity index (χ4v) is 5.57.